The normalized spacial score (nSPS) is 12.4. The topological polar surface area (TPSA) is 62.1 Å². The molecule has 0 spiro atoms. The van der Waals surface area contributed by atoms with Crippen LogP contribution in [0.2, 0.25) is 0 Å². The zero-order valence-electron chi connectivity index (χ0n) is 10.5. The minimum absolute atomic E-state index is 0.117. The Morgan fingerprint density at radius 2 is 2.06 bits per heavy atom. The number of hydrogen-bond acceptors (Lipinski definition) is 3. The first-order valence-electron chi connectivity index (χ1n) is 5.47. The number of carbonyl (C=O) groups excluding carboxylic acids is 1. The number of nitrogens with one attached hydrogen (secondary N) is 1. The van der Waals surface area contributed by atoms with Gasteiger partial charge in [-0.05, 0) is 26.8 Å². The summed E-state index contributed by atoms with van der Waals surface area (Å²) < 4.78 is 18.5. The summed E-state index contributed by atoms with van der Waals surface area (Å²) in [6.07, 6.45) is -0.752. The van der Waals surface area contributed by atoms with Crippen molar-refractivity contribution in [1.29, 1.82) is 5.26 Å². The number of ether oxygens (including phenoxy) is 1. The molecule has 5 heteroatoms. The second-order valence-electron chi connectivity index (χ2n) is 4.73. The molecular formula is C13H15FN2O2. The largest absolute Gasteiger partial charge is 0.444 e. The van der Waals surface area contributed by atoms with E-state index in [1.807, 2.05) is 6.07 Å². The van der Waals surface area contributed by atoms with Crippen LogP contribution in [0.25, 0.3) is 0 Å². The zero-order chi connectivity index (χ0) is 13.8. The SMILES string of the molecule is CC(C)(C)OC(=O)NC(C#N)c1ccccc1F. The fraction of sp³-hybridized carbons (Fsp3) is 0.385. The molecular weight excluding hydrogens is 235 g/mol. The van der Waals surface area contributed by atoms with E-state index in [1.165, 1.54) is 18.2 Å². The Hall–Kier alpha value is -2.09. The molecule has 1 N–H and O–H groups in total. The first-order valence-corrected chi connectivity index (χ1v) is 5.47. The highest BCUT2D eigenvalue weighted by molar-refractivity contribution is 5.69. The third-order valence-electron chi connectivity index (χ3n) is 2.01. The van der Waals surface area contributed by atoms with E-state index in [1.54, 1.807) is 26.8 Å². The molecule has 0 fully saturated rings. The maximum absolute atomic E-state index is 13.5. The lowest BCUT2D eigenvalue weighted by atomic mass is 10.1. The summed E-state index contributed by atoms with van der Waals surface area (Å²) in [5.41, 5.74) is -0.551. The molecule has 0 aliphatic carbocycles. The molecule has 0 saturated heterocycles. The van der Waals surface area contributed by atoms with Gasteiger partial charge in [-0.1, -0.05) is 18.2 Å². The van der Waals surface area contributed by atoms with Crippen LogP contribution in [0.4, 0.5) is 9.18 Å². The Morgan fingerprint density at radius 3 is 2.56 bits per heavy atom. The van der Waals surface area contributed by atoms with Gasteiger partial charge in [0.05, 0.1) is 6.07 Å². The summed E-state index contributed by atoms with van der Waals surface area (Å²) in [5.74, 6) is -0.542. The van der Waals surface area contributed by atoms with E-state index in [0.29, 0.717) is 0 Å². The van der Waals surface area contributed by atoms with Crippen molar-refractivity contribution in [3.05, 3.63) is 35.6 Å². The van der Waals surface area contributed by atoms with E-state index >= 15 is 0 Å². The van der Waals surface area contributed by atoms with Gasteiger partial charge in [0.2, 0.25) is 0 Å². The van der Waals surface area contributed by atoms with Crippen molar-refractivity contribution < 1.29 is 13.9 Å². The summed E-state index contributed by atoms with van der Waals surface area (Å²) >= 11 is 0. The summed E-state index contributed by atoms with van der Waals surface area (Å²) in [6.45, 7) is 5.12. The molecule has 0 aromatic heterocycles. The molecule has 1 aromatic carbocycles. The predicted octanol–water partition coefficient (Wildman–Crippen LogP) is 2.92. The first kappa shape index (κ1) is 14.0. The van der Waals surface area contributed by atoms with Crippen molar-refractivity contribution in [3.8, 4) is 6.07 Å². The Kier molecular flexibility index (Phi) is 4.27. The van der Waals surface area contributed by atoms with Crippen molar-refractivity contribution in [2.24, 2.45) is 0 Å². The van der Waals surface area contributed by atoms with Crippen LogP contribution < -0.4 is 5.32 Å². The Morgan fingerprint density at radius 1 is 1.44 bits per heavy atom. The second-order valence-corrected chi connectivity index (χ2v) is 4.73. The van der Waals surface area contributed by atoms with Gasteiger partial charge in [0.15, 0.2) is 0 Å². The molecule has 1 aromatic rings. The van der Waals surface area contributed by atoms with E-state index in [4.69, 9.17) is 10.00 Å². The predicted molar refractivity (Wildman–Crippen MR) is 64.1 cm³/mol. The van der Waals surface area contributed by atoms with Crippen molar-refractivity contribution in [2.45, 2.75) is 32.4 Å². The number of hydrogen-bond donors (Lipinski definition) is 1. The number of amides is 1. The van der Waals surface area contributed by atoms with E-state index in [0.717, 1.165) is 0 Å². The summed E-state index contributed by atoms with van der Waals surface area (Å²) in [5, 5.41) is 11.3. The maximum Gasteiger partial charge on any atom is 0.408 e. The van der Waals surface area contributed by atoms with Crippen LogP contribution in [0.3, 0.4) is 0 Å². The molecule has 0 aliphatic heterocycles. The average Bonchev–Trinajstić information content (AvgIpc) is 2.24. The van der Waals surface area contributed by atoms with Crippen LogP contribution >= 0.6 is 0 Å². The van der Waals surface area contributed by atoms with Gasteiger partial charge in [-0.3, -0.25) is 0 Å². The smallest absolute Gasteiger partial charge is 0.408 e. The lowest BCUT2D eigenvalue weighted by Crippen LogP contribution is -2.34. The average molecular weight is 250 g/mol. The minimum Gasteiger partial charge on any atom is -0.444 e. The van der Waals surface area contributed by atoms with Gasteiger partial charge >= 0.3 is 6.09 Å². The molecule has 96 valence electrons. The second kappa shape index (κ2) is 5.50. The number of carbonyl (C=O) groups is 1. The lowest BCUT2D eigenvalue weighted by molar-refractivity contribution is 0.0515. The number of nitrogens with zero attached hydrogens (tertiary/aromatic N) is 1. The van der Waals surface area contributed by atoms with E-state index in [-0.39, 0.29) is 5.56 Å². The standard InChI is InChI=1S/C13H15FN2O2/c1-13(2,3)18-12(17)16-11(8-15)9-6-4-5-7-10(9)14/h4-7,11H,1-3H3,(H,16,17). The van der Waals surface area contributed by atoms with E-state index in [9.17, 15) is 9.18 Å². The van der Waals surface area contributed by atoms with Crippen molar-refractivity contribution in [3.63, 3.8) is 0 Å². The van der Waals surface area contributed by atoms with Gasteiger partial charge in [-0.2, -0.15) is 5.26 Å². The lowest BCUT2D eigenvalue weighted by Gasteiger charge is -2.21. The van der Waals surface area contributed by atoms with Gasteiger partial charge in [-0.25, -0.2) is 9.18 Å². The van der Waals surface area contributed by atoms with Crippen LogP contribution in [0.1, 0.15) is 32.4 Å². The minimum atomic E-state index is -1.07. The van der Waals surface area contributed by atoms with Crippen LogP contribution in [0, 0.1) is 17.1 Å². The molecule has 0 aliphatic rings. The monoisotopic (exact) mass is 250 g/mol. The molecule has 0 heterocycles. The highest BCUT2D eigenvalue weighted by atomic mass is 19.1. The summed E-state index contributed by atoms with van der Waals surface area (Å²) in [7, 11) is 0. The summed E-state index contributed by atoms with van der Waals surface area (Å²) in [4.78, 5) is 11.5. The van der Waals surface area contributed by atoms with Crippen molar-refractivity contribution >= 4 is 6.09 Å². The van der Waals surface area contributed by atoms with Gasteiger partial charge in [-0.15, -0.1) is 0 Å². The number of nitriles is 1. The molecule has 0 bridgehead atoms. The van der Waals surface area contributed by atoms with Crippen LogP contribution in [0.5, 0.6) is 0 Å². The number of benzene rings is 1. The molecule has 18 heavy (non-hydrogen) atoms. The van der Waals surface area contributed by atoms with Crippen LogP contribution in [0.15, 0.2) is 24.3 Å². The number of halogens is 1. The zero-order valence-corrected chi connectivity index (χ0v) is 10.5. The van der Waals surface area contributed by atoms with Gasteiger partial charge in [0.25, 0.3) is 0 Å². The molecule has 1 atom stereocenters. The van der Waals surface area contributed by atoms with Gasteiger partial charge < -0.3 is 10.1 Å². The number of alkyl carbamates (subject to hydrolysis) is 1. The molecule has 4 nitrogen and oxygen atoms in total. The highest BCUT2D eigenvalue weighted by Gasteiger charge is 2.21. The number of rotatable bonds is 2. The van der Waals surface area contributed by atoms with E-state index in [2.05, 4.69) is 5.32 Å². The molecule has 1 rings (SSSR count). The van der Waals surface area contributed by atoms with Crippen LogP contribution in [-0.2, 0) is 4.74 Å². The highest BCUT2D eigenvalue weighted by Crippen LogP contribution is 2.17. The third-order valence-corrected chi connectivity index (χ3v) is 2.01. The first-order chi connectivity index (χ1) is 8.33. The Bertz CT molecular complexity index is 475. The van der Waals surface area contributed by atoms with Crippen molar-refractivity contribution in [2.75, 3.05) is 0 Å². The Balaban J connectivity index is 2.79. The fourth-order valence-corrected chi connectivity index (χ4v) is 1.31. The van der Waals surface area contributed by atoms with Gasteiger partial charge in [0.1, 0.15) is 17.5 Å². The summed E-state index contributed by atoms with van der Waals surface area (Å²) in [6, 6.07) is 6.54. The quantitative estimate of drug-likeness (QED) is 0.877. The van der Waals surface area contributed by atoms with Crippen molar-refractivity contribution in [1.82, 2.24) is 5.32 Å². The maximum atomic E-state index is 13.5. The fourth-order valence-electron chi connectivity index (χ4n) is 1.31. The van der Waals surface area contributed by atoms with Crippen LogP contribution in [-0.4, -0.2) is 11.7 Å². The van der Waals surface area contributed by atoms with E-state index < -0.39 is 23.6 Å². The molecule has 0 saturated carbocycles. The molecule has 1 amide bonds. The third kappa shape index (κ3) is 4.06. The Labute approximate surface area is 105 Å². The molecule has 0 radical (unpaired) electrons. The van der Waals surface area contributed by atoms with Gasteiger partial charge in [0, 0.05) is 5.56 Å². The molecule has 1 unspecified atom stereocenters.